The molecule has 0 saturated heterocycles. The molecule has 3 aliphatic rings. The molecule has 110 valence electrons. The van der Waals surface area contributed by atoms with E-state index in [-0.39, 0.29) is 29.4 Å². The van der Waals surface area contributed by atoms with Gasteiger partial charge < -0.3 is 5.32 Å². The van der Waals surface area contributed by atoms with Gasteiger partial charge in [-0.25, -0.2) is 0 Å². The molecule has 0 radical (unpaired) electrons. The van der Waals surface area contributed by atoms with Crippen LogP contribution in [0.5, 0.6) is 0 Å². The molecule has 3 fully saturated rings. The Morgan fingerprint density at radius 3 is 2.40 bits per heavy atom. The van der Waals surface area contributed by atoms with E-state index in [1.54, 1.807) is 0 Å². The number of nitrogens with one attached hydrogen (secondary N) is 1. The van der Waals surface area contributed by atoms with Crippen molar-refractivity contribution in [2.75, 3.05) is 0 Å². The summed E-state index contributed by atoms with van der Waals surface area (Å²) < 4.78 is 0. The maximum atomic E-state index is 12.3. The minimum Gasteiger partial charge on any atom is -0.347 e. The molecule has 0 spiro atoms. The predicted molar refractivity (Wildman–Crippen MR) is 74.0 cm³/mol. The predicted octanol–water partition coefficient (Wildman–Crippen LogP) is 2.01. The summed E-state index contributed by atoms with van der Waals surface area (Å²) in [5, 5.41) is 2.76. The molecule has 0 aromatic heterocycles. The lowest BCUT2D eigenvalue weighted by atomic mass is 9.83. The van der Waals surface area contributed by atoms with Crippen molar-refractivity contribution < 1.29 is 14.4 Å². The first-order valence-corrected chi connectivity index (χ1v) is 8.02. The van der Waals surface area contributed by atoms with Crippen LogP contribution in [0, 0.1) is 17.8 Å². The van der Waals surface area contributed by atoms with Gasteiger partial charge in [-0.2, -0.15) is 0 Å². The highest BCUT2D eigenvalue weighted by Gasteiger charge is 2.43. The Labute approximate surface area is 119 Å². The monoisotopic (exact) mass is 277 g/mol. The van der Waals surface area contributed by atoms with Gasteiger partial charge in [0.05, 0.1) is 0 Å². The maximum Gasteiger partial charge on any atom is 0.287 e. The molecule has 0 aliphatic heterocycles. The van der Waals surface area contributed by atoms with Gasteiger partial charge in [0.25, 0.3) is 5.91 Å². The van der Waals surface area contributed by atoms with Crippen LogP contribution in [0.1, 0.15) is 57.8 Å². The van der Waals surface area contributed by atoms with Crippen LogP contribution in [0.2, 0.25) is 0 Å². The minimum atomic E-state index is -0.455. The lowest BCUT2D eigenvalue weighted by Crippen LogP contribution is -2.38. The van der Waals surface area contributed by atoms with Gasteiger partial charge in [-0.3, -0.25) is 14.4 Å². The van der Waals surface area contributed by atoms with Crippen LogP contribution in [-0.2, 0) is 14.4 Å². The summed E-state index contributed by atoms with van der Waals surface area (Å²) in [5.74, 6) is -0.537. The van der Waals surface area contributed by atoms with E-state index in [4.69, 9.17) is 0 Å². The fraction of sp³-hybridized carbons (Fsp3) is 0.812. The van der Waals surface area contributed by atoms with Crippen molar-refractivity contribution in [1.82, 2.24) is 5.32 Å². The van der Waals surface area contributed by atoms with Crippen LogP contribution in [0.25, 0.3) is 0 Å². The first kappa shape index (κ1) is 13.8. The number of hydrogen-bond acceptors (Lipinski definition) is 3. The number of carbonyl (C=O) groups excluding carboxylic acids is 3. The van der Waals surface area contributed by atoms with Crippen molar-refractivity contribution in [2.24, 2.45) is 17.8 Å². The second kappa shape index (κ2) is 5.66. The fourth-order valence-electron chi connectivity index (χ4n) is 3.78. The van der Waals surface area contributed by atoms with Gasteiger partial charge in [0.2, 0.25) is 5.78 Å². The highest BCUT2D eigenvalue weighted by atomic mass is 16.2. The van der Waals surface area contributed by atoms with Crippen molar-refractivity contribution in [2.45, 2.75) is 63.8 Å². The molecule has 3 saturated carbocycles. The van der Waals surface area contributed by atoms with E-state index < -0.39 is 5.91 Å². The second-order valence-corrected chi connectivity index (χ2v) is 6.72. The quantitative estimate of drug-likeness (QED) is 0.782. The third kappa shape index (κ3) is 2.94. The molecular formula is C16H23NO3. The number of amides is 1. The highest BCUT2D eigenvalue weighted by molar-refractivity contribution is 6.37. The molecule has 0 aromatic carbocycles. The zero-order valence-electron chi connectivity index (χ0n) is 11.9. The van der Waals surface area contributed by atoms with Gasteiger partial charge in [0.15, 0.2) is 0 Å². The lowest BCUT2D eigenvalue weighted by Gasteiger charge is -2.20. The molecule has 3 rings (SSSR count). The van der Waals surface area contributed by atoms with E-state index in [2.05, 4.69) is 5.32 Å². The molecule has 0 bridgehead atoms. The molecule has 0 aromatic rings. The standard InChI is InChI=1S/C16H23NO3/c18-14-8-7-12(13(14)9-10-3-1-2-4-10)15(19)16(20)17-11-5-6-11/h10-13H,1-9H2,(H,17,20). The molecule has 4 nitrogen and oxygen atoms in total. The first-order chi connectivity index (χ1) is 9.65. The molecule has 4 heteroatoms. The van der Waals surface area contributed by atoms with Gasteiger partial charge >= 0.3 is 0 Å². The van der Waals surface area contributed by atoms with Crippen LogP contribution in [0.4, 0.5) is 0 Å². The SMILES string of the molecule is O=C(NC1CC1)C(=O)C1CCC(=O)C1CC1CCCC1. The Balaban J connectivity index is 1.61. The Kier molecular flexibility index (Phi) is 3.90. The van der Waals surface area contributed by atoms with E-state index in [0.717, 1.165) is 19.3 Å². The topological polar surface area (TPSA) is 63.2 Å². The number of rotatable bonds is 5. The summed E-state index contributed by atoms with van der Waals surface area (Å²) in [5.41, 5.74) is 0. The minimum absolute atomic E-state index is 0.185. The van der Waals surface area contributed by atoms with Crippen molar-refractivity contribution in [3.8, 4) is 0 Å². The Morgan fingerprint density at radius 2 is 1.75 bits per heavy atom. The molecule has 2 unspecified atom stereocenters. The van der Waals surface area contributed by atoms with E-state index in [1.807, 2.05) is 0 Å². The Hall–Kier alpha value is -1.19. The molecule has 0 heterocycles. The van der Waals surface area contributed by atoms with Gasteiger partial charge in [0, 0.05) is 24.3 Å². The van der Waals surface area contributed by atoms with Crippen LogP contribution < -0.4 is 5.32 Å². The van der Waals surface area contributed by atoms with Crippen molar-refractivity contribution in [1.29, 1.82) is 0 Å². The first-order valence-electron chi connectivity index (χ1n) is 8.02. The Bertz CT molecular complexity index is 421. The third-order valence-electron chi connectivity index (χ3n) is 5.14. The van der Waals surface area contributed by atoms with Gasteiger partial charge in [-0.15, -0.1) is 0 Å². The largest absolute Gasteiger partial charge is 0.347 e. The second-order valence-electron chi connectivity index (χ2n) is 6.72. The lowest BCUT2D eigenvalue weighted by molar-refractivity contribution is -0.141. The fourth-order valence-corrected chi connectivity index (χ4v) is 3.78. The average Bonchev–Trinajstić information content (AvgIpc) is 2.96. The number of carbonyl (C=O) groups is 3. The van der Waals surface area contributed by atoms with Crippen LogP contribution in [0.3, 0.4) is 0 Å². The summed E-state index contributed by atoms with van der Waals surface area (Å²) in [6.07, 6.45) is 8.68. The molecule has 1 N–H and O–H groups in total. The van der Waals surface area contributed by atoms with Crippen LogP contribution >= 0.6 is 0 Å². The number of hydrogen-bond donors (Lipinski definition) is 1. The van der Waals surface area contributed by atoms with Crippen molar-refractivity contribution in [3.63, 3.8) is 0 Å². The third-order valence-corrected chi connectivity index (χ3v) is 5.14. The van der Waals surface area contributed by atoms with Crippen LogP contribution in [-0.4, -0.2) is 23.5 Å². The van der Waals surface area contributed by atoms with E-state index in [1.165, 1.54) is 25.7 Å². The smallest absolute Gasteiger partial charge is 0.287 e. The molecule has 1 amide bonds. The molecule has 2 atom stereocenters. The normalized spacial score (nSPS) is 30.7. The van der Waals surface area contributed by atoms with Gasteiger partial charge in [0.1, 0.15) is 5.78 Å². The van der Waals surface area contributed by atoms with Gasteiger partial charge in [-0.05, 0) is 31.6 Å². The number of ketones is 2. The molecule has 20 heavy (non-hydrogen) atoms. The summed E-state index contributed by atoms with van der Waals surface area (Å²) in [6, 6.07) is 0.205. The zero-order chi connectivity index (χ0) is 14.1. The summed E-state index contributed by atoms with van der Waals surface area (Å²) in [7, 11) is 0. The maximum absolute atomic E-state index is 12.3. The van der Waals surface area contributed by atoms with E-state index >= 15 is 0 Å². The average molecular weight is 277 g/mol. The highest BCUT2D eigenvalue weighted by Crippen LogP contribution is 2.39. The molecule has 3 aliphatic carbocycles. The number of Topliss-reactive ketones (excluding diaryl/α,β-unsaturated/α-hetero) is 2. The van der Waals surface area contributed by atoms with E-state index in [0.29, 0.717) is 18.8 Å². The van der Waals surface area contributed by atoms with Crippen molar-refractivity contribution >= 4 is 17.5 Å². The Morgan fingerprint density at radius 1 is 1.05 bits per heavy atom. The van der Waals surface area contributed by atoms with Gasteiger partial charge in [-0.1, -0.05) is 25.7 Å². The molecular weight excluding hydrogens is 254 g/mol. The van der Waals surface area contributed by atoms with Crippen LogP contribution in [0.15, 0.2) is 0 Å². The zero-order valence-corrected chi connectivity index (χ0v) is 11.9. The summed E-state index contributed by atoms with van der Waals surface area (Å²) in [4.78, 5) is 36.2. The summed E-state index contributed by atoms with van der Waals surface area (Å²) in [6.45, 7) is 0. The van der Waals surface area contributed by atoms with Crippen molar-refractivity contribution in [3.05, 3.63) is 0 Å². The van der Waals surface area contributed by atoms with E-state index in [9.17, 15) is 14.4 Å². The summed E-state index contributed by atoms with van der Waals surface area (Å²) >= 11 is 0.